The first-order chi connectivity index (χ1) is 10.2. The second kappa shape index (κ2) is 7.31. The van der Waals surface area contributed by atoms with Crippen LogP contribution in [-0.2, 0) is 6.42 Å². The number of ether oxygens (including phenoxy) is 1. The zero-order valence-corrected chi connectivity index (χ0v) is 14.1. The molecule has 0 aromatic heterocycles. The van der Waals surface area contributed by atoms with Crippen molar-refractivity contribution in [3.8, 4) is 5.75 Å². The second-order valence-electron chi connectivity index (χ2n) is 6.37. The summed E-state index contributed by atoms with van der Waals surface area (Å²) in [6, 6.07) is 9.33. The van der Waals surface area contributed by atoms with E-state index in [0.29, 0.717) is 17.6 Å². The van der Waals surface area contributed by atoms with Crippen molar-refractivity contribution in [3.05, 3.63) is 29.8 Å². The Morgan fingerprint density at radius 3 is 2.33 bits per heavy atom. The van der Waals surface area contributed by atoms with Crippen LogP contribution in [0.4, 0.5) is 0 Å². The molecule has 1 fully saturated rings. The summed E-state index contributed by atoms with van der Waals surface area (Å²) in [4.78, 5) is 0. The third-order valence-electron chi connectivity index (χ3n) is 5.47. The fourth-order valence-corrected chi connectivity index (χ4v) is 3.80. The normalized spacial score (nSPS) is 23.6. The molecule has 2 unspecified atom stereocenters. The molecule has 118 valence electrons. The van der Waals surface area contributed by atoms with Crippen LogP contribution in [0, 0.1) is 5.41 Å². The summed E-state index contributed by atoms with van der Waals surface area (Å²) in [5, 5.41) is 3.46. The Kier molecular flexibility index (Phi) is 5.69. The minimum Gasteiger partial charge on any atom is -0.490 e. The van der Waals surface area contributed by atoms with Crippen molar-refractivity contribution in [3.63, 3.8) is 0 Å². The first kappa shape index (κ1) is 16.4. The maximum absolute atomic E-state index is 6.30. The SMILES string of the molecule is CCCCc1ccc(OC2CC(NC)C2(CC)CC)cc1. The van der Waals surface area contributed by atoms with Crippen molar-refractivity contribution < 1.29 is 4.74 Å². The lowest BCUT2D eigenvalue weighted by Crippen LogP contribution is -2.63. The van der Waals surface area contributed by atoms with Crippen LogP contribution in [-0.4, -0.2) is 19.2 Å². The number of hydrogen-bond donors (Lipinski definition) is 1. The van der Waals surface area contributed by atoms with Gasteiger partial charge in [-0.2, -0.15) is 0 Å². The van der Waals surface area contributed by atoms with E-state index < -0.39 is 0 Å². The Balaban J connectivity index is 1.98. The number of nitrogens with one attached hydrogen (secondary N) is 1. The Labute approximate surface area is 130 Å². The van der Waals surface area contributed by atoms with Crippen molar-refractivity contribution in [1.29, 1.82) is 0 Å². The quantitative estimate of drug-likeness (QED) is 0.756. The lowest BCUT2D eigenvalue weighted by atomic mass is 9.58. The number of aryl methyl sites for hydroxylation is 1. The summed E-state index contributed by atoms with van der Waals surface area (Å²) in [5.74, 6) is 1.03. The highest BCUT2D eigenvalue weighted by Crippen LogP contribution is 2.48. The molecule has 0 radical (unpaired) electrons. The van der Waals surface area contributed by atoms with E-state index in [4.69, 9.17) is 4.74 Å². The van der Waals surface area contributed by atoms with E-state index in [1.165, 1.54) is 37.7 Å². The average Bonchev–Trinajstić information content (AvgIpc) is 2.51. The molecule has 0 amide bonds. The van der Waals surface area contributed by atoms with Gasteiger partial charge in [-0.1, -0.05) is 39.3 Å². The molecule has 1 aliphatic carbocycles. The number of hydrogen-bond acceptors (Lipinski definition) is 2. The molecule has 2 atom stereocenters. The average molecular weight is 289 g/mol. The highest BCUT2D eigenvalue weighted by Gasteiger charge is 2.53. The molecule has 0 heterocycles. The fourth-order valence-electron chi connectivity index (χ4n) is 3.80. The topological polar surface area (TPSA) is 21.3 Å². The van der Waals surface area contributed by atoms with Crippen molar-refractivity contribution in [2.45, 2.75) is 71.4 Å². The van der Waals surface area contributed by atoms with Gasteiger partial charge in [0.05, 0.1) is 0 Å². The molecule has 21 heavy (non-hydrogen) atoms. The Hall–Kier alpha value is -1.02. The van der Waals surface area contributed by atoms with E-state index in [1.807, 2.05) is 0 Å². The zero-order valence-electron chi connectivity index (χ0n) is 14.1. The third-order valence-corrected chi connectivity index (χ3v) is 5.47. The summed E-state index contributed by atoms with van der Waals surface area (Å²) in [6.45, 7) is 6.82. The number of rotatable bonds is 8. The maximum atomic E-state index is 6.30. The summed E-state index contributed by atoms with van der Waals surface area (Å²) >= 11 is 0. The molecule has 0 bridgehead atoms. The maximum Gasteiger partial charge on any atom is 0.119 e. The lowest BCUT2D eigenvalue weighted by molar-refractivity contribution is -0.0835. The number of unbranched alkanes of at least 4 members (excludes halogenated alkanes) is 1. The van der Waals surface area contributed by atoms with Crippen LogP contribution in [0.5, 0.6) is 5.75 Å². The van der Waals surface area contributed by atoms with E-state index in [9.17, 15) is 0 Å². The van der Waals surface area contributed by atoms with Gasteiger partial charge in [-0.05, 0) is 50.4 Å². The molecular formula is C19H31NO. The van der Waals surface area contributed by atoms with Crippen molar-refractivity contribution >= 4 is 0 Å². The van der Waals surface area contributed by atoms with Gasteiger partial charge >= 0.3 is 0 Å². The van der Waals surface area contributed by atoms with Crippen LogP contribution in [0.15, 0.2) is 24.3 Å². The molecule has 1 N–H and O–H groups in total. The number of benzene rings is 1. The van der Waals surface area contributed by atoms with Gasteiger partial charge in [0.2, 0.25) is 0 Å². The van der Waals surface area contributed by atoms with Crippen molar-refractivity contribution in [2.75, 3.05) is 7.05 Å². The molecule has 0 spiro atoms. The van der Waals surface area contributed by atoms with Crippen LogP contribution >= 0.6 is 0 Å². The molecule has 2 heteroatoms. The standard InChI is InChI=1S/C19H31NO/c1-5-8-9-15-10-12-16(13-11-15)21-18-14-17(20-4)19(18,6-2)7-3/h10-13,17-18,20H,5-9,14H2,1-4H3. The minimum atomic E-state index is 0.301. The first-order valence-electron chi connectivity index (χ1n) is 8.63. The highest BCUT2D eigenvalue weighted by atomic mass is 16.5. The van der Waals surface area contributed by atoms with Crippen molar-refractivity contribution in [2.24, 2.45) is 5.41 Å². The molecular weight excluding hydrogens is 258 g/mol. The Morgan fingerprint density at radius 2 is 1.81 bits per heavy atom. The Bertz CT molecular complexity index is 422. The van der Waals surface area contributed by atoms with Crippen LogP contribution in [0.2, 0.25) is 0 Å². The van der Waals surface area contributed by atoms with Crippen LogP contribution < -0.4 is 10.1 Å². The van der Waals surface area contributed by atoms with Gasteiger partial charge in [0.1, 0.15) is 11.9 Å². The molecule has 1 saturated carbocycles. The van der Waals surface area contributed by atoms with E-state index in [2.05, 4.69) is 57.4 Å². The molecule has 1 aliphatic rings. The first-order valence-corrected chi connectivity index (χ1v) is 8.63. The largest absolute Gasteiger partial charge is 0.490 e. The smallest absolute Gasteiger partial charge is 0.119 e. The second-order valence-corrected chi connectivity index (χ2v) is 6.37. The van der Waals surface area contributed by atoms with Gasteiger partial charge in [-0.25, -0.2) is 0 Å². The predicted octanol–water partition coefficient (Wildman–Crippen LogP) is 4.57. The van der Waals surface area contributed by atoms with Gasteiger partial charge in [0.25, 0.3) is 0 Å². The van der Waals surface area contributed by atoms with E-state index >= 15 is 0 Å². The minimum absolute atomic E-state index is 0.301. The van der Waals surface area contributed by atoms with Gasteiger partial charge in [0.15, 0.2) is 0 Å². The molecule has 2 nitrogen and oxygen atoms in total. The summed E-state index contributed by atoms with van der Waals surface area (Å²) in [6.07, 6.45) is 7.52. The van der Waals surface area contributed by atoms with E-state index in [-0.39, 0.29) is 0 Å². The summed E-state index contributed by atoms with van der Waals surface area (Å²) in [7, 11) is 2.07. The molecule has 1 aromatic carbocycles. The zero-order chi connectivity index (χ0) is 15.3. The van der Waals surface area contributed by atoms with Gasteiger partial charge in [0, 0.05) is 17.9 Å². The molecule has 0 aliphatic heterocycles. The van der Waals surface area contributed by atoms with Crippen LogP contribution in [0.3, 0.4) is 0 Å². The van der Waals surface area contributed by atoms with Gasteiger partial charge in [-0.15, -0.1) is 0 Å². The van der Waals surface area contributed by atoms with Crippen LogP contribution in [0.1, 0.15) is 58.4 Å². The lowest BCUT2D eigenvalue weighted by Gasteiger charge is -2.55. The Morgan fingerprint density at radius 1 is 1.14 bits per heavy atom. The summed E-state index contributed by atoms with van der Waals surface area (Å²) in [5.41, 5.74) is 1.72. The third kappa shape index (κ3) is 3.26. The molecule has 2 rings (SSSR count). The fraction of sp³-hybridized carbons (Fsp3) is 0.684. The van der Waals surface area contributed by atoms with E-state index in [1.54, 1.807) is 0 Å². The van der Waals surface area contributed by atoms with Gasteiger partial charge in [-0.3, -0.25) is 0 Å². The van der Waals surface area contributed by atoms with E-state index in [0.717, 1.165) is 12.2 Å². The monoisotopic (exact) mass is 289 g/mol. The summed E-state index contributed by atoms with van der Waals surface area (Å²) < 4.78 is 6.30. The van der Waals surface area contributed by atoms with Gasteiger partial charge < -0.3 is 10.1 Å². The van der Waals surface area contributed by atoms with Crippen molar-refractivity contribution in [1.82, 2.24) is 5.32 Å². The molecule has 1 aromatic rings. The predicted molar refractivity (Wildman–Crippen MR) is 89.9 cm³/mol. The molecule has 0 saturated heterocycles. The van der Waals surface area contributed by atoms with Crippen LogP contribution in [0.25, 0.3) is 0 Å². The highest BCUT2D eigenvalue weighted by molar-refractivity contribution is 5.28.